The zero-order valence-electron chi connectivity index (χ0n) is 11.0. The minimum Gasteiger partial charge on any atom is -0.354 e. The van der Waals surface area contributed by atoms with Gasteiger partial charge in [0.2, 0.25) is 5.95 Å². The predicted octanol–water partition coefficient (Wildman–Crippen LogP) is 4.32. The third-order valence-electron chi connectivity index (χ3n) is 2.54. The Morgan fingerprint density at radius 2 is 2.00 bits per heavy atom. The van der Waals surface area contributed by atoms with Gasteiger partial charge in [0.15, 0.2) is 0 Å². The smallest absolute Gasteiger partial charge is 0.354 e. The van der Waals surface area contributed by atoms with Crippen molar-refractivity contribution in [1.29, 1.82) is 0 Å². The van der Waals surface area contributed by atoms with Gasteiger partial charge in [0.05, 0.1) is 11.3 Å². The van der Waals surface area contributed by atoms with E-state index in [0.29, 0.717) is 12.5 Å². The van der Waals surface area contributed by atoms with E-state index < -0.39 is 11.7 Å². The number of halogens is 4. The molecule has 0 saturated carbocycles. The zero-order valence-corrected chi connectivity index (χ0v) is 11.8. The maximum absolute atomic E-state index is 13.0. The summed E-state index contributed by atoms with van der Waals surface area (Å²) in [5.41, 5.74) is -0.966. The third-order valence-corrected chi connectivity index (χ3v) is 2.78. The fraction of sp³-hybridized carbons (Fsp3) is 0.231. The highest BCUT2D eigenvalue weighted by molar-refractivity contribution is 6.30. The quantitative estimate of drug-likeness (QED) is 0.881. The van der Waals surface area contributed by atoms with Crippen molar-refractivity contribution in [2.75, 3.05) is 17.2 Å². The average Bonchev–Trinajstić information content (AvgIpc) is 2.40. The van der Waals surface area contributed by atoms with Crippen LogP contribution in [0, 0.1) is 0 Å². The van der Waals surface area contributed by atoms with Gasteiger partial charge in [0.25, 0.3) is 0 Å². The second-order valence-corrected chi connectivity index (χ2v) is 4.54. The first-order valence-electron chi connectivity index (χ1n) is 6.11. The molecule has 0 radical (unpaired) electrons. The summed E-state index contributed by atoms with van der Waals surface area (Å²) in [7, 11) is 0. The number of aromatic nitrogens is 2. The highest BCUT2D eigenvalue weighted by Gasteiger charge is 2.33. The van der Waals surface area contributed by atoms with Crippen molar-refractivity contribution in [2.45, 2.75) is 13.1 Å². The molecule has 8 heteroatoms. The van der Waals surface area contributed by atoms with E-state index in [2.05, 4.69) is 20.6 Å². The van der Waals surface area contributed by atoms with Crippen LogP contribution >= 0.6 is 11.6 Å². The molecule has 0 aliphatic rings. The maximum Gasteiger partial charge on any atom is 0.418 e. The summed E-state index contributed by atoms with van der Waals surface area (Å²) < 4.78 is 39.0. The molecular weight excluding hydrogens is 305 g/mol. The van der Waals surface area contributed by atoms with Crippen LogP contribution in [0.25, 0.3) is 0 Å². The Hall–Kier alpha value is -2.02. The minimum atomic E-state index is -4.51. The molecule has 0 unspecified atom stereocenters. The molecule has 4 nitrogen and oxygen atoms in total. The summed E-state index contributed by atoms with van der Waals surface area (Å²) in [4.78, 5) is 8.02. The number of benzene rings is 1. The number of rotatable bonds is 4. The lowest BCUT2D eigenvalue weighted by Crippen LogP contribution is -2.10. The van der Waals surface area contributed by atoms with Gasteiger partial charge >= 0.3 is 6.18 Å². The second kappa shape index (κ2) is 6.17. The number of nitrogens with one attached hydrogen (secondary N) is 2. The Kier molecular flexibility index (Phi) is 4.52. The Morgan fingerprint density at radius 1 is 1.24 bits per heavy atom. The molecule has 1 aromatic heterocycles. The van der Waals surface area contributed by atoms with Gasteiger partial charge in [-0.15, -0.1) is 0 Å². The van der Waals surface area contributed by atoms with Crippen LogP contribution in [0.15, 0.2) is 30.5 Å². The molecule has 0 atom stereocenters. The van der Waals surface area contributed by atoms with Crippen molar-refractivity contribution in [3.05, 3.63) is 41.0 Å². The Morgan fingerprint density at radius 3 is 2.67 bits per heavy atom. The lowest BCUT2D eigenvalue weighted by Gasteiger charge is -2.14. The van der Waals surface area contributed by atoms with Gasteiger partial charge in [-0.3, -0.25) is 0 Å². The highest BCUT2D eigenvalue weighted by Crippen LogP contribution is 2.37. The van der Waals surface area contributed by atoms with E-state index in [9.17, 15) is 13.2 Å². The number of hydrogen-bond acceptors (Lipinski definition) is 4. The SMILES string of the molecule is CCNc1nccc(Nc2ccc(Cl)cc2C(F)(F)F)n1. The molecule has 0 saturated heterocycles. The fourth-order valence-electron chi connectivity index (χ4n) is 1.67. The van der Waals surface area contributed by atoms with Gasteiger partial charge in [0, 0.05) is 17.8 Å². The summed E-state index contributed by atoms with van der Waals surface area (Å²) in [6.45, 7) is 2.47. The van der Waals surface area contributed by atoms with Gasteiger partial charge < -0.3 is 10.6 Å². The van der Waals surface area contributed by atoms with Crippen molar-refractivity contribution >= 4 is 29.1 Å². The number of nitrogens with zero attached hydrogens (tertiary/aromatic N) is 2. The Balaban J connectivity index is 2.33. The van der Waals surface area contributed by atoms with Crippen LogP contribution < -0.4 is 10.6 Å². The normalized spacial score (nSPS) is 11.3. The van der Waals surface area contributed by atoms with Crippen molar-refractivity contribution in [2.24, 2.45) is 0 Å². The van der Waals surface area contributed by atoms with Crippen LogP contribution in [0.1, 0.15) is 12.5 Å². The van der Waals surface area contributed by atoms with Crippen LogP contribution in [-0.4, -0.2) is 16.5 Å². The first-order chi connectivity index (χ1) is 9.90. The van der Waals surface area contributed by atoms with Crippen molar-refractivity contribution in [1.82, 2.24) is 9.97 Å². The molecule has 1 heterocycles. The molecule has 0 aliphatic heterocycles. The van der Waals surface area contributed by atoms with E-state index in [1.165, 1.54) is 24.4 Å². The van der Waals surface area contributed by atoms with Crippen molar-refractivity contribution in [3.8, 4) is 0 Å². The van der Waals surface area contributed by atoms with E-state index in [0.717, 1.165) is 6.07 Å². The zero-order chi connectivity index (χ0) is 15.5. The molecule has 0 bridgehead atoms. The van der Waals surface area contributed by atoms with Crippen LogP contribution in [0.2, 0.25) is 5.02 Å². The topological polar surface area (TPSA) is 49.8 Å². The highest BCUT2D eigenvalue weighted by atomic mass is 35.5. The largest absolute Gasteiger partial charge is 0.418 e. The molecule has 2 rings (SSSR count). The summed E-state index contributed by atoms with van der Waals surface area (Å²) in [6, 6.07) is 5.00. The van der Waals surface area contributed by atoms with Crippen LogP contribution in [0.5, 0.6) is 0 Å². The van der Waals surface area contributed by atoms with Crippen LogP contribution in [0.3, 0.4) is 0 Å². The standard InChI is InChI=1S/C13H12ClF3N4/c1-2-18-12-19-6-5-11(21-12)20-10-4-3-8(14)7-9(10)13(15,16)17/h3-7H,2H2,1H3,(H2,18,19,20,21). The molecule has 2 N–H and O–H groups in total. The second-order valence-electron chi connectivity index (χ2n) is 4.11. The minimum absolute atomic E-state index is 0.0175. The molecule has 0 spiro atoms. The number of alkyl halides is 3. The average molecular weight is 317 g/mol. The molecule has 1 aromatic carbocycles. The summed E-state index contributed by atoms with van der Waals surface area (Å²) in [5.74, 6) is 0.596. The number of anilines is 3. The molecule has 21 heavy (non-hydrogen) atoms. The predicted molar refractivity (Wildman–Crippen MR) is 75.9 cm³/mol. The summed E-state index contributed by atoms with van der Waals surface area (Å²) in [6.07, 6.45) is -3.05. The van der Waals surface area contributed by atoms with E-state index in [-0.39, 0.29) is 16.5 Å². The summed E-state index contributed by atoms with van der Waals surface area (Å²) >= 11 is 5.63. The lowest BCUT2D eigenvalue weighted by atomic mass is 10.1. The fourth-order valence-corrected chi connectivity index (χ4v) is 1.84. The molecule has 112 valence electrons. The van der Waals surface area contributed by atoms with E-state index >= 15 is 0 Å². The van der Waals surface area contributed by atoms with Gasteiger partial charge in [-0.25, -0.2) is 4.98 Å². The summed E-state index contributed by atoms with van der Waals surface area (Å²) in [5, 5.41) is 5.53. The van der Waals surface area contributed by atoms with E-state index in [1.807, 2.05) is 6.92 Å². The monoisotopic (exact) mass is 316 g/mol. The first-order valence-corrected chi connectivity index (χ1v) is 6.48. The van der Waals surface area contributed by atoms with Crippen LogP contribution in [-0.2, 0) is 6.18 Å². The van der Waals surface area contributed by atoms with E-state index in [4.69, 9.17) is 11.6 Å². The van der Waals surface area contributed by atoms with Crippen molar-refractivity contribution in [3.63, 3.8) is 0 Å². The van der Waals surface area contributed by atoms with Gasteiger partial charge in [-0.05, 0) is 31.2 Å². The van der Waals surface area contributed by atoms with Gasteiger partial charge in [-0.2, -0.15) is 18.2 Å². The molecule has 0 amide bonds. The molecule has 0 aliphatic carbocycles. The lowest BCUT2D eigenvalue weighted by molar-refractivity contribution is -0.136. The van der Waals surface area contributed by atoms with Crippen LogP contribution in [0.4, 0.5) is 30.6 Å². The van der Waals surface area contributed by atoms with E-state index in [1.54, 1.807) is 0 Å². The number of hydrogen-bond donors (Lipinski definition) is 2. The maximum atomic E-state index is 13.0. The first kappa shape index (κ1) is 15.4. The molecular formula is C13H12ClF3N4. The van der Waals surface area contributed by atoms with Gasteiger partial charge in [-0.1, -0.05) is 11.6 Å². The Bertz CT molecular complexity index is 631. The molecule has 2 aromatic rings. The van der Waals surface area contributed by atoms with Gasteiger partial charge in [0.1, 0.15) is 5.82 Å². The van der Waals surface area contributed by atoms with Crippen molar-refractivity contribution < 1.29 is 13.2 Å². The Labute approximate surface area is 124 Å². The third kappa shape index (κ3) is 3.98. The molecule has 0 fully saturated rings.